The number of nitrogens with one attached hydrogen (secondary N) is 2. The molecule has 0 saturated carbocycles. The summed E-state index contributed by atoms with van der Waals surface area (Å²) in [4.78, 5) is 12.1. The molecule has 0 radical (unpaired) electrons. The third kappa shape index (κ3) is 4.13. The molecule has 2 aromatic carbocycles. The Labute approximate surface area is 142 Å². The second-order valence-corrected chi connectivity index (χ2v) is 5.73. The van der Waals surface area contributed by atoms with Crippen molar-refractivity contribution < 1.29 is 14.3 Å². The Morgan fingerprint density at radius 2 is 2.08 bits per heavy atom. The standard InChI is InChI=1S/C19H22N2O3/c1-23-17-4-2-3-16(11-17)15-7-5-14(6-8-15)12-21-19(22)18-13-24-10-9-20-18/h2-8,11,18,20H,9-10,12-13H2,1H3,(H,21,22). The molecule has 0 bridgehead atoms. The zero-order valence-corrected chi connectivity index (χ0v) is 13.7. The van der Waals surface area contributed by atoms with Gasteiger partial charge in [-0.05, 0) is 28.8 Å². The molecule has 126 valence electrons. The Kier molecular flexibility index (Phi) is 5.46. The van der Waals surface area contributed by atoms with Gasteiger partial charge in [-0.2, -0.15) is 0 Å². The van der Waals surface area contributed by atoms with Crippen LogP contribution in [0.1, 0.15) is 5.56 Å². The molecule has 3 rings (SSSR count). The Bertz CT molecular complexity index is 679. The number of benzene rings is 2. The molecule has 0 aliphatic carbocycles. The fourth-order valence-electron chi connectivity index (χ4n) is 2.66. The average Bonchev–Trinajstić information content (AvgIpc) is 2.67. The first kappa shape index (κ1) is 16.5. The fourth-order valence-corrected chi connectivity index (χ4v) is 2.66. The SMILES string of the molecule is COc1cccc(-c2ccc(CNC(=O)C3COCCN3)cc2)c1. The van der Waals surface area contributed by atoms with Crippen LogP contribution in [0.25, 0.3) is 11.1 Å². The lowest BCUT2D eigenvalue weighted by molar-refractivity contribution is -0.126. The Morgan fingerprint density at radius 1 is 1.25 bits per heavy atom. The van der Waals surface area contributed by atoms with Crippen molar-refractivity contribution in [1.82, 2.24) is 10.6 Å². The molecule has 24 heavy (non-hydrogen) atoms. The van der Waals surface area contributed by atoms with Gasteiger partial charge in [-0.15, -0.1) is 0 Å². The van der Waals surface area contributed by atoms with Crippen molar-refractivity contribution in [1.29, 1.82) is 0 Å². The van der Waals surface area contributed by atoms with E-state index in [0.29, 0.717) is 26.3 Å². The minimum atomic E-state index is -0.255. The van der Waals surface area contributed by atoms with Crippen LogP contribution in [0.5, 0.6) is 5.75 Å². The average molecular weight is 326 g/mol. The van der Waals surface area contributed by atoms with E-state index in [1.165, 1.54) is 0 Å². The van der Waals surface area contributed by atoms with Crippen molar-refractivity contribution in [3.05, 3.63) is 54.1 Å². The van der Waals surface area contributed by atoms with Gasteiger partial charge in [0.05, 0.1) is 20.3 Å². The van der Waals surface area contributed by atoms with Crippen LogP contribution in [0, 0.1) is 0 Å². The van der Waals surface area contributed by atoms with E-state index in [-0.39, 0.29) is 11.9 Å². The quantitative estimate of drug-likeness (QED) is 0.882. The van der Waals surface area contributed by atoms with E-state index in [1.54, 1.807) is 7.11 Å². The first-order chi connectivity index (χ1) is 11.8. The number of hydrogen-bond acceptors (Lipinski definition) is 4. The molecule has 5 heteroatoms. The molecule has 1 heterocycles. The van der Waals surface area contributed by atoms with Crippen molar-refractivity contribution in [2.75, 3.05) is 26.9 Å². The number of carbonyl (C=O) groups excluding carboxylic acids is 1. The lowest BCUT2D eigenvalue weighted by Gasteiger charge is -2.22. The topological polar surface area (TPSA) is 59.6 Å². The number of rotatable bonds is 5. The van der Waals surface area contributed by atoms with Crippen LogP contribution in [0.2, 0.25) is 0 Å². The van der Waals surface area contributed by atoms with Gasteiger partial charge >= 0.3 is 0 Å². The fraction of sp³-hybridized carbons (Fsp3) is 0.316. The van der Waals surface area contributed by atoms with Gasteiger partial charge in [-0.3, -0.25) is 4.79 Å². The van der Waals surface area contributed by atoms with E-state index in [2.05, 4.69) is 22.8 Å². The number of carbonyl (C=O) groups is 1. The van der Waals surface area contributed by atoms with Crippen molar-refractivity contribution in [3.8, 4) is 16.9 Å². The first-order valence-corrected chi connectivity index (χ1v) is 8.08. The monoisotopic (exact) mass is 326 g/mol. The maximum atomic E-state index is 12.1. The molecule has 2 N–H and O–H groups in total. The van der Waals surface area contributed by atoms with E-state index in [9.17, 15) is 4.79 Å². The van der Waals surface area contributed by atoms with Crippen LogP contribution < -0.4 is 15.4 Å². The molecule has 1 atom stereocenters. The summed E-state index contributed by atoms with van der Waals surface area (Å²) < 4.78 is 10.6. The minimum absolute atomic E-state index is 0.0217. The predicted molar refractivity (Wildman–Crippen MR) is 92.9 cm³/mol. The van der Waals surface area contributed by atoms with Crippen LogP contribution in [-0.2, 0) is 16.1 Å². The van der Waals surface area contributed by atoms with Gasteiger partial charge in [0.1, 0.15) is 11.8 Å². The number of amides is 1. The summed E-state index contributed by atoms with van der Waals surface area (Å²) in [6.45, 7) is 2.32. The van der Waals surface area contributed by atoms with Crippen LogP contribution in [0.4, 0.5) is 0 Å². The number of methoxy groups -OCH3 is 1. The molecule has 2 aromatic rings. The highest BCUT2D eigenvalue weighted by molar-refractivity contribution is 5.82. The Hall–Kier alpha value is -2.37. The zero-order valence-electron chi connectivity index (χ0n) is 13.7. The molecule has 0 aromatic heterocycles. The maximum absolute atomic E-state index is 12.1. The normalized spacial score (nSPS) is 17.3. The highest BCUT2D eigenvalue weighted by Gasteiger charge is 2.20. The van der Waals surface area contributed by atoms with Gasteiger partial charge in [-0.1, -0.05) is 36.4 Å². The molecule has 1 unspecified atom stereocenters. The van der Waals surface area contributed by atoms with Gasteiger partial charge in [0.2, 0.25) is 5.91 Å². The zero-order chi connectivity index (χ0) is 16.8. The summed E-state index contributed by atoms with van der Waals surface area (Å²) >= 11 is 0. The molecule has 1 aliphatic rings. The van der Waals surface area contributed by atoms with E-state index in [1.807, 2.05) is 36.4 Å². The van der Waals surface area contributed by atoms with Gasteiger partial charge < -0.3 is 20.1 Å². The molecule has 1 amide bonds. The number of ether oxygens (including phenoxy) is 2. The van der Waals surface area contributed by atoms with Crippen LogP contribution >= 0.6 is 0 Å². The van der Waals surface area contributed by atoms with E-state index in [4.69, 9.17) is 9.47 Å². The van der Waals surface area contributed by atoms with Gasteiger partial charge in [0, 0.05) is 13.1 Å². The Morgan fingerprint density at radius 3 is 2.79 bits per heavy atom. The molecular weight excluding hydrogens is 304 g/mol. The third-order valence-electron chi connectivity index (χ3n) is 4.06. The summed E-state index contributed by atoms with van der Waals surface area (Å²) in [5, 5.41) is 6.09. The lowest BCUT2D eigenvalue weighted by Crippen LogP contribution is -2.51. The number of morpholine rings is 1. The molecule has 1 saturated heterocycles. The second-order valence-electron chi connectivity index (χ2n) is 5.73. The molecule has 1 fully saturated rings. The van der Waals surface area contributed by atoms with Crippen LogP contribution in [0.3, 0.4) is 0 Å². The summed E-state index contributed by atoms with van der Waals surface area (Å²) in [6.07, 6.45) is 0. The van der Waals surface area contributed by atoms with E-state index in [0.717, 1.165) is 22.4 Å². The summed E-state index contributed by atoms with van der Waals surface area (Å²) in [6, 6.07) is 15.9. The summed E-state index contributed by atoms with van der Waals surface area (Å²) in [7, 11) is 1.66. The second kappa shape index (κ2) is 7.95. The van der Waals surface area contributed by atoms with Gasteiger partial charge in [-0.25, -0.2) is 0 Å². The van der Waals surface area contributed by atoms with Crippen molar-refractivity contribution in [2.24, 2.45) is 0 Å². The number of hydrogen-bond donors (Lipinski definition) is 2. The molecule has 5 nitrogen and oxygen atoms in total. The van der Waals surface area contributed by atoms with Crippen LogP contribution in [-0.4, -0.2) is 38.8 Å². The first-order valence-electron chi connectivity index (χ1n) is 8.08. The molecule has 0 spiro atoms. The van der Waals surface area contributed by atoms with E-state index >= 15 is 0 Å². The molecule has 1 aliphatic heterocycles. The predicted octanol–water partition coefficient (Wildman–Crippen LogP) is 1.97. The van der Waals surface area contributed by atoms with Crippen molar-refractivity contribution in [3.63, 3.8) is 0 Å². The third-order valence-corrected chi connectivity index (χ3v) is 4.06. The lowest BCUT2D eigenvalue weighted by atomic mass is 10.0. The largest absolute Gasteiger partial charge is 0.497 e. The summed E-state index contributed by atoms with van der Waals surface area (Å²) in [5.74, 6) is 0.817. The van der Waals surface area contributed by atoms with Gasteiger partial charge in [0.25, 0.3) is 0 Å². The highest BCUT2D eigenvalue weighted by atomic mass is 16.5. The maximum Gasteiger partial charge on any atom is 0.239 e. The van der Waals surface area contributed by atoms with Crippen LogP contribution in [0.15, 0.2) is 48.5 Å². The Balaban J connectivity index is 1.59. The van der Waals surface area contributed by atoms with Gasteiger partial charge in [0.15, 0.2) is 0 Å². The van der Waals surface area contributed by atoms with E-state index < -0.39 is 0 Å². The minimum Gasteiger partial charge on any atom is -0.497 e. The summed E-state index contributed by atoms with van der Waals surface area (Å²) in [5.41, 5.74) is 3.28. The molecular formula is C19H22N2O3. The highest BCUT2D eigenvalue weighted by Crippen LogP contribution is 2.24. The van der Waals surface area contributed by atoms with Crippen molar-refractivity contribution in [2.45, 2.75) is 12.6 Å². The smallest absolute Gasteiger partial charge is 0.239 e. The van der Waals surface area contributed by atoms with Crippen molar-refractivity contribution >= 4 is 5.91 Å².